The Hall–Kier alpha value is -3.15. The first-order valence-corrected chi connectivity index (χ1v) is 8.95. The summed E-state index contributed by atoms with van der Waals surface area (Å²) in [5, 5.41) is 8.28. The Kier molecular flexibility index (Phi) is 7.55. The second-order valence-electron chi connectivity index (χ2n) is 6.42. The van der Waals surface area contributed by atoms with Crippen molar-refractivity contribution in [1.82, 2.24) is 16.0 Å². The van der Waals surface area contributed by atoms with Gasteiger partial charge >= 0.3 is 0 Å². The van der Waals surface area contributed by atoms with E-state index in [0.717, 1.165) is 0 Å². The normalized spacial score (nSPS) is 11.5. The van der Waals surface area contributed by atoms with E-state index < -0.39 is 6.04 Å². The van der Waals surface area contributed by atoms with Gasteiger partial charge in [-0.25, -0.2) is 0 Å². The minimum absolute atomic E-state index is 0.0683. The summed E-state index contributed by atoms with van der Waals surface area (Å²) in [5.41, 5.74) is 1.17. The second-order valence-corrected chi connectivity index (χ2v) is 6.42. The van der Waals surface area contributed by atoms with Crippen molar-refractivity contribution in [2.75, 3.05) is 13.1 Å². The highest BCUT2D eigenvalue weighted by atomic mass is 16.2. The van der Waals surface area contributed by atoms with Crippen LogP contribution in [0.15, 0.2) is 60.7 Å². The van der Waals surface area contributed by atoms with Crippen LogP contribution in [0.4, 0.5) is 0 Å². The van der Waals surface area contributed by atoms with Crippen molar-refractivity contribution in [1.29, 1.82) is 0 Å². The summed E-state index contributed by atoms with van der Waals surface area (Å²) in [6, 6.07) is 17.0. The Balaban J connectivity index is 2.01. The molecule has 0 saturated carbocycles. The number of carbonyl (C=O) groups excluding carboxylic acids is 3. The molecule has 0 aliphatic carbocycles. The van der Waals surface area contributed by atoms with Crippen molar-refractivity contribution >= 4 is 17.7 Å². The van der Waals surface area contributed by atoms with E-state index in [9.17, 15) is 14.4 Å². The molecule has 2 aromatic rings. The second kappa shape index (κ2) is 10.1. The average Bonchev–Trinajstić information content (AvgIpc) is 2.70. The smallest absolute Gasteiger partial charge is 0.252 e. The first kappa shape index (κ1) is 20.2. The molecule has 3 N–H and O–H groups in total. The summed E-state index contributed by atoms with van der Waals surface area (Å²) in [7, 11) is 0. The standard InChI is InChI=1S/C21H25N3O3/c1-15(2)19(25)22-13-14-23-21(27)18(16-9-5-3-6-10-16)24-20(26)17-11-7-4-8-12-17/h3-12,15,18H,13-14H2,1-2H3,(H,22,25)(H,23,27)(H,24,26). The minimum atomic E-state index is -0.820. The molecule has 6 nitrogen and oxygen atoms in total. The summed E-state index contributed by atoms with van der Waals surface area (Å²) in [6.07, 6.45) is 0. The van der Waals surface area contributed by atoms with E-state index in [2.05, 4.69) is 16.0 Å². The highest BCUT2D eigenvalue weighted by Crippen LogP contribution is 2.14. The van der Waals surface area contributed by atoms with Crippen molar-refractivity contribution in [3.63, 3.8) is 0 Å². The number of hydrogen-bond acceptors (Lipinski definition) is 3. The van der Waals surface area contributed by atoms with E-state index in [1.54, 1.807) is 50.2 Å². The van der Waals surface area contributed by atoms with Crippen molar-refractivity contribution < 1.29 is 14.4 Å². The SMILES string of the molecule is CC(C)C(=O)NCCNC(=O)C(NC(=O)c1ccccc1)c1ccccc1. The minimum Gasteiger partial charge on any atom is -0.354 e. The van der Waals surface area contributed by atoms with Gasteiger partial charge in [-0.3, -0.25) is 14.4 Å². The van der Waals surface area contributed by atoms with Crippen LogP contribution in [0.3, 0.4) is 0 Å². The van der Waals surface area contributed by atoms with Gasteiger partial charge in [0.05, 0.1) is 0 Å². The molecule has 0 aromatic heterocycles. The van der Waals surface area contributed by atoms with Gasteiger partial charge in [0.1, 0.15) is 6.04 Å². The molecule has 27 heavy (non-hydrogen) atoms. The third kappa shape index (κ3) is 6.26. The van der Waals surface area contributed by atoms with Gasteiger partial charge in [-0.1, -0.05) is 62.4 Å². The zero-order chi connectivity index (χ0) is 19.6. The predicted molar refractivity (Wildman–Crippen MR) is 104 cm³/mol. The molecule has 0 aliphatic heterocycles. The van der Waals surface area contributed by atoms with Crippen molar-refractivity contribution in [3.05, 3.63) is 71.8 Å². The molecule has 2 rings (SSSR count). The third-order valence-electron chi connectivity index (χ3n) is 3.95. The molecular formula is C21H25N3O3. The lowest BCUT2D eigenvalue weighted by Gasteiger charge is -2.19. The van der Waals surface area contributed by atoms with Gasteiger partial charge in [0, 0.05) is 24.6 Å². The highest BCUT2D eigenvalue weighted by Gasteiger charge is 2.23. The van der Waals surface area contributed by atoms with E-state index in [1.807, 2.05) is 24.3 Å². The highest BCUT2D eigenvalue weighted by molar-refractivity contribution is 5.97. The average molecular weight is 367 g/mol. The lowest BCUT2D eigenvalue weighted by Crippen LogP contribution is -2.43. The van der Waals surface area contributed by atoms with Crippen molar-refractivity contribution in [3.8, 4) is 0 Å². The van der Waals surface area contributed by atoms with Gasteiger partial charge in [-0.2, -0.15) is 0 Å². The summed E-state index contributed by atoms with van der Waals surface area (Å²) in [6.45, 7) is 4.22. The van der Waals surface area contributed by atoms with Crippen molar-refractivity contribution in [2.24, 2.45) is 5.92 Å². The third-order valence-corrected chi connectivity index (χ3v) is 3.95. The Morgan fingerprint density at radius 3 is 1.85 bits per heavy atom. The molecule has 0 bridgehead atoms. The van der Waals surface area contributed by atoms with Gasteiger partial charge in [0.25, 0.3) is 5.91 Å². The number of hydrogen-bond donors (Lipinski definition) is 3. The molecule has 2 aromatic carbocycles. The maximum absolute atomic E-state index is 12.7. The number of nitrogens with one attached hydrogen (secondary N) is 3. The van der Waals surface area contributed by atoms with E-state index in [-0.39, 0.29) is 30.2 Å². The van der Waals surface area contributed by atoms with Gasteiger partial charge in [0.15, 0.2) is 0 Å². The Labute approximate surface area is 159 Å². The van der Waals surface area contributed by atoms with Crippen LogP contribution in [0.5, 0.6) is 0 Å². The van der Waals surface area contributed by atoms with Crippen LogP contribution in [-0.4, -0.2) is 30.8 Å². The van der Waals surface area contributed by atoms with Crippen LogP contribution < -0.4 is 16.0 Å². The van der Waals surface area contributed by atoms with Crippen LogP contribution in [0.2, 0.25) is 0 Å². The fraction of sp³-hybridized carbons (Fsp3) is 0.286. The summed E-state index contributed by atoms with van der Waals surface area (Å²) in [4.78, 5) is 36.7. The van der Waals surface area contributed by atoms with E-state index in [4.69, 9.17) is 0 Å². The summed E-state index contributed by atoms with van der Waals surface area (Å²) < 4.78 is 0. The molecule has 3 amide bonds. The van der Waals surface area contributed by atoms with Crippen LogP contribution in [0.25, 0.3) is 0 Å². The molecule has 0 heterocycles. The van der Waals surface area contributed by atoms with Gasteiger partial charge in [-0.05, 0) is 17.7 Å². The number of rotatable bonds is 8. The largest absolute Gasteiger partial charge is 0.354 e. The molecule has 1 unspecified atom stereocenters. The molecule has 0 saturated heterocycles. The van der Waals surface area contributed by atoms with E-state index >= 15 is 0 Å². The molecule has 0 fully saturated rings. The molecule has 0 radical (unpaired) electrons. The Bertz CT molecular complexity index is 761. The zero-order valence-corrected chi connectivity index (χ0v) is 15.6. The van der Waals surface area contributed by atoms with Crippen molar-refractivity contribution in [2.45, 2.75) is 19.9 Å². The van der Waals surface area contributed by atoms with Crippen LogP contribution >= 0.6 is 0 Å². The topological polar surface area (TPSA) is 87.3 Å². The lowest BCUT2D eigenvalue weighted by molar-refractivity contribution is -0.125. The monoisotopic (exact) mass is 367 g/mol. The van der Waals surface area contributed by atoms with Gasteiger partial charge in [0.2, 0.25) is 11.8 Å². The number of carbonyl (C=O) groups is 3. The first-order valence-electron chi connectivity index (χ1n) is 8.95. The number of benzene rings is 2. The number of amides is 3. The predicted octanol–water partition coefficient (Wildman–Crippen LogP) is 2.05. The quantitative estimate of drug-likeness (QED) is 0.624. The molecule has 0 spiro atoms. The molecule has 1 atom stereocenters. The Morgan fingerprint density at radius 2 is 1.30 bits per heavy atom. The molecular weight excluding hydrogens is 342 g/mol. The zero-order valence-electron chi connectivity index (χ0n) is 15.6. The van der Waals surface area contributed by atoms with Gasteiger partial charge < -0.3 is 16.0 Å². The lowest BCUT2D eigenvalue weighted by atomic mass is 10.1. The van der Waals surface area contributed by atoms with Crippen LogP contribution in [-0.2, 0) is 9.59 Å². The fourth-order valence-corrected chi connectivity index (χ4v) is 2.43. The molecule has 0 aliphatic rings. The van der Waals surface area contributed by atoms with Crippen LogP contribution in [0, 0.1) is 5.92 Å². The maximum Gasteiger partial charge on any atom is 0.252 e. The van der Waals surface area contributed by atoms with E-state index in [1.165, 1.54) is 0 Å². The first-order chi connectivity index (χ1) is 13.0. The Morgan fingerprint density at radius 1 is 0.778 bits per heavy atom. The summed E-state index contributed by atoms with van der Waals surface area (Å²) >= 11 is 0. The molecule has 142 valence electrons. The molecule has 6 heteroatoms. The van der Waals surface area contributed by atoms with E-state index in [0.29, 0.717) is 17.7 Å². The summed E-state index contributed by atoms with van der Waals surface area (Å²) in [5.74, 6) is -0.832. The fourth-order valence-electron chi connectivity index (χ4n) is 2.43. The van der Waals surface area contributed by atoms with Gasteiger partial charge in [-0.15, -0.1) is 0 Å². The van der Waals surface area contributed by atoms with Crippen LogP contribution in [0.1, 0.15) is 35.8 Å². The maximum atomic E-state index is 12.7.